The number of fused-ring (bicyclic) bond motifs is 1. The van der Waals surface area contributed by atoms with Gasteiger partial charge in [0.2, 0.25) is 29.5 Å². The molecule has 1 aromatic rings. The van der Waals surface area contributed by atoms with E-state index in [0.29, 0.717) is 38.5 Å². The number of primary amides is 1. The van der Waals surface area contributed by atoms with Crippen molar-refractivity contribution in [1.82, 2.24) is 20.9 Å². The number of hydrogen-bond donors (Lipinski definition) is 5. The summed E-state index contributed by atoms with van der Waals surface area (Å²) in [7, 11) is -3.07. The van der Waals surface area contributed by atoms with E-state index in [4.69, 9.17) is 10.5 Å². The van der Waals surface area contributed by atoms with Gasteiger partial charge in [-0.25, -0.2) is 0 Å². The second-order valence-corrected chi connectivity index (χ2v) is 14.3. The zero-order valence-corrected chi connectivity index (χ0v) is 27.0. The molecular weight excluding hydrogens is 601 g/mol. The van der Waals surface area contributed by atoms with Crippen LogP contribution < -0.4 is 21.7 Å². The van der Waals surface area contributed by atoms with Gasteiger partial charge in [-0.05, 0) is 50.5 Å². The van der Waals surface area contributed by atoms with E-state index in [-0.39, 0.29) is 49.8 Å². The molecule has 2 fully saturated rings. The Morgan fingerprint density at radius 2 is 1.71 bits per heavy atom. The molecular formula is C31H48N5O8P. The monoisotopic (exact) mass is 649 g/mol. The van der Waals surface area contributed by atoms with Crippen molar-refractivity contribution in [3.63, 3.8) is 0 Å². The van der Waals surface area contributed by atoms with E-state index in [1.54, 1.807) is 4.90 Å². The van der Waals surface area contributed by atoms with E-state index in [0.717, 1.165) is 24.8 Å². The largest absolute Gasteiger partial charge is 0.370 e. The van der Waals surface area contributed by atoms with Crippen molar-refractivity contribution in [3.8, 4) is 0 Å². The highest BCUT2D eigenvalue weighted by Crippen LogP contribution is 2.36. The molecule has 6 N–H and O–H groups in total. The van der Waals surface area contributed by atoms with Crippen molar-refractivity contribution in [1.29, 1.82) is 0 Å². The third-order valence-corrected chi connectivity index (χ3v) is 9.22. The number of nitrogens with two attached hydrogens (primary N) is 1. The SMILES string of the molecule is C=O.CP(=O)(O)CCCCCC(=O)N[C@H]1CCCC[C@H]2CC[C@@H](C(=O)N[C@@H](CCC(N)=O)C(=O)NCc3ccccc3)N2C1=O. The third-order valence-electron chi connectivity index (χ3n) is 8.07. The van der Waals surface area contributed by atoms with E-state index < -0.39 is 43.2 Å². The summed E-state index contributed by atoms with van der Waals surface area (Å²) in [5, 5.41) is 8.43. The molecule has 5 atom stereocenters. The van der Waals surface area contributed by atoms with Gasteiger partial charge in [0.25, 0.3) is 0 Å². The number of carbonyl (C=O) groups is 6. The molecule has 2 aliphatic heterocycles. The maximum Gasteiger partial charge on any atom is 0.246 e. The number of hydrogen-bond acceptors (Lipinski definition) is 7. The first-order valence-electron chi connectivity index (χ1n) is 15.5. The van der Waals surface area contributed by atoms with E-state index in [9.17, 15) is 33.4 Å². The molecule has 0 aliphatic carbocycles. The molecule has 0 spiro atoms. The van der Waals surface area contributed by atoms with E-state index in [1.807, 2.05) is 37.1 Å². The summed E-state index contributed by atoms with van der Waals surface area (Å²) >= 11 is 0. The Morgan fingerprint density at radius 1 is 1.02 bits per heavy atom. The van der Waals surface area contributed by atoms with Gasteiger partial charge < -0.3 is 36.3 Å². The molecule has 45 heavy (non-hydrogen) atoms. The standard InChI is InChI=1S/C30H46N5O7P.CH2O/c1-43(41,42)19-9-3-6-14-27(37)33-24-13-8-7-12-22-15-17-25(35(22)30(24)40)29(39)34-23(16-18-26(31)36)28(38)32-20-21-10-4-2-5-11-21;1-2/h2,4-5,10-11,22-25H,3,6-9,12-20H2,1H3,(H2,31,36)(H,32,38)(H,33,37)(H,34,39)(H,41,42);1H2/t22-,23-,24-,25-;/m0./s1. The van der Waals surface area contributed by atoms with Crippen molar-refractivity contribution < 1.29 is 38.2 Å². The zero-order valence-electron chi connectivity index (χ0n) is 26.1. The highest BCUT2D eigenvalue weighted by molar-refractivity contribution is 7.57. The predicted molar refractivity (Wildman–Crippen MR) is 169 cm³/mol. The first-order valence-corrected chi connectivity index (χ1v) is 17.8. The highest BCUT2D eigenvalue weighted by atomic mass is 31.2. The number of amides is 5. The molecule has 2 aliphatic rings. The van der Waals surface area contributed by atoms with Crippen molar-refractivity contribution in [3.05, 3.63) is 35.9 Å². The van der Waals surface area contributed by atoms with Crippen molar-refractivity contribution in [2.24, 2.45) is 5.73 Å². The predicted octanol–water partition coefficient (Wildman–Crippen LogP) is 1.75. The van der Waals surface area contributed by atoms with E-state index in [2.05, 4.69) is 16.0 Å². The lowest BCUT2D eigenvalue weighted by Crippen LogP contribution is -2.58. The number of nitrogens with zero attached hydrogens (tertiary/aromatic N) is 1. The molecule has 14 heteroatoms. The molecule has 2 saturated heterocycles. The van der Waals surface area contributed by atoms with Crippen LogP contribution in [-0.4, -0.2) is 83.1 Å². The summed E-state index contributed by atoms with van der Waals surface area (Å²) in [5.41, 5.74) is 6.20. The van der Waals surface area contributed by atoms with Crippen LogP contribution in [0, 0.1) is 0 Å². The van der Waals surface area contributed by atoms with Crippen LogP contribution in [0.15, 0.2) is 30.3 Å². The average molecular weight is 650 g/mol. The van der Waals surface area contributed by atoms with Crippen LogP contribution in [0.25, 0.3) is 0 Å². The minimum Gasteiger partial charge on any atom is -0.370 e. The number of unbranched alkanes of at least 4 members (excludes halogenated alkanes) is 2. The lowest BCUT2D eigenvalue weighted by atomic mass is 9.98. The van der Waals surface area contributed by atoms with Gasteiger partial charge in [0, 0.05) is 38.3 Å². The van der Waals surface area contributed by atoms with Crippen molar-refractivity contribution >= 4 is 43.7 Å². The Balaban J connectivity index is 0.00000345. The molecule has 0 saturated carbocycles. The normalized spacial score (nSPS) is 21.4. The number of nitrogens with one attached hydrogen (secondary N) is 3. The van der Waals surface area contributed by atoms with Crippen LogP contribution >= 0.6 is 7.37 Å². The Labute approximate surface area is 264 Å². The van der Waals surface area contributed by atoms with Gasteiger partial charge in [-0.15, -0.1) is 0 Å². The van der Waals surface area contributed by atoms with Gasteiger partial charge in [-0.2, -0.15) is 0 Å². The van der Waals surface area contributed by atoms with E-state index >= 15 is 0 Å². The maximum atomic E-state index is 13.7. The van der Waals surface area contributed by atoms with Gasteiger partial charge in [-0.3, -0.25) is 28.5 Å². The highest BCUT2D eigenvalue weighted by Gasteiger charge is 2.44. The smallest absolute Gasteiger partial charge is 0.246 e. The molecule has 1 aromatic carbocycles. The molecule has 0 radical (unpaired) electrons. The van der Waals surface area contributed by atoms with Crippen LogP contribution in [0.4, 0.5) is 0 Å². The molecule has 250 valence electrons. The van der Waals surface area contributed by atoms with Gasteiger partial charge in [0.1, 0.15) is 24.9 Å². The zero-order chi connectivity index (χ0) is 33.4. The number of rotatable bonds is 15. The average Bonchev–Trinajstić information content (AvgIpc) is 3.42. The molecule has 1 unspecified atom stereocenters. The molecule has 0 aromatic heterocycles. The molecule has 13 nitrogen and oxygen atoms in total. The van der Waals surface area contributed by atoms with Crippen LogP contribution in [0.3, 0.4) is 0 Å². The molecule has 5 amide bonds. The number of carbonyl (C=O) groups excluding carboxylic acids is 6. The summed E-state index contributed by atoms with van der Waals surface area (Å²) in [6.45, 7) is 3.57. The lowest BCUT2D eigenvalue weighted by molar-refractivity contribution is -0.144. The second-order valence-electron chi connectivity index (χ2n) is 11.8. The van der Waals surface area contributed by atoms with Crippen LogP contribution in [0.5, 0.6) is 0 Å². The van der Waals surface area contributed by atoms with Crippen molar-refractivity contribution in [2.45, 2.75) is 108 Å². The third kappa shape index (κ3) is 13.1. The summed E-state index contributed by atoms with van der Waals surface area (Å²) in [5.74, 6) is -2.07. The summed E-state index contributed by atoms with van der Waals surface area (Å²) in [6, 6.07) is 6.60. The van der Waals surface area contributed by atoms with Crippen molar-refractivity contribution in [2.75, 3.05) is 12.8 Å². The first-order chi connectivity index (χ1) is 21.4. The molecule has 2 heterocycles. The van der Waals surface area contributed by atoms with Gasteiger partial charge >= 0.3 is 0 Å². The van der Waals surface area contributed by atoms with Gasteiger partial charge in [0.05, 0.1) is 0 Å². The fourth-order valence-corrected chi connectivity index (χ4v) is 6.60. The summed E-state index contributed by atoms with van der Waals surface area (Å²) in [4.78, 5) is 83.5. The Morgan fingerprint density at radius 3 is 2.38 bits per heavy atom. The lowest BCUT2D eigenvalue weighted by Gasteiger charge is -2.35. The quantitative estimate of drug-likeness (QED) is 0.139. The van der Waals surface area contributed by atoms with Gasteiger partial charge in [0.15, 0.2) is 7.37 Å². The molecule has 0 bridgehead atoms. The summed E-state index contributed by atoms with van der Waals surface area (Å²) < 4.78 is 11.4. The topological polar surface area (TPSA) is 205 Å². The fraction of sp³-hybridized carbons (Fsp3) is 0.613. The second kappa shape index (κ2) is 19.1. The van der Waals surface area contributed by atoms with Crippen LogP contribution in [-0.2, 0) is 39.9 Å². The minimum absolute atomic E-state index is 0.0264. The van der Waals surface area contributed by atoms with Crippen LogP contribution in [0.2, 0.25) is 0 Å². The minimum atomic E-state index is -3.07. The fourth-order valence-electron chi connectivity index (χ4n) is 5.79. The Kier molecular flexibility index (Phi) is 15.9. The Bertz CT molecular complexity index is 1190. The van der Waals surface area contributed by atoms with E-state index in [1.165, 1.54) is 6.66 Å². The number of benzene rings is 1. The van der Waals surface area contributed by atoms with Crippen LogP contribution in [0.1, 0.15) is 82.6 Å². The van der Waals surface area contributed by atoms with Gasteiger partial charge in [-0.1, -0.05) is 49.6 Å². The first kappa shape index (κ1) is 37.6. The maximum absolute atomic E-state index is 13.7. The summed E-state index contributed by atoms with van der Waals surface area (Å²) in [6.07, 6.45) is 6.02. The Hall–Kier alpha value is -3.57. The molecule has 3 rings (SSSR count).